The van der Waals surface area contributed by atoms with Crippen molar-refractivity contribution in [2.45, 2.75) is 4.83 Å². The highest BCUT2D eigenvalue weighted by Crippen LogP contribution is 2.37. The molecule has 0 aromatic heterocycles. The van der Waals surface area contributed by atoms with E-state index in [9.17, 15) is 0 Å². The summed E-state index contributed by atoms with van der Waals surface area (Å²) in [5.41, 5.74) is 2.04. The van der Waals surface area contributed by atoms with Gasteiger partial charge in [0.05, 0.1) is 31.2 Å². The Balaban J connectivity index is 2.39. The van der Waals surface area contributed by atoms with Gasteiger partial charge in [-0.3, -0.25) is 0 Å². The zero-order valence-corrected chi connectivity index (χ0v) is 14.4. The summed E-state index contributed by atoms with van der Waals surface area (Å²) >= 11 is 9.87. The van der Waals surface area contributed by atoms with E-state index in [-0.39, 0.29) is 4.83 Å². The van der Waals surface area contributed by atoms with E-state index in [1.807, 2.05) is 36.4 Å². The number of benzene rings is 2. The molecular formula is C16H16BrClO3. The highest BCUT2D eigenvalue weighted by atomic mass is 79.9. The number of halogens is 2. The van der Waals surface area contributed by atoms with E-state index in [1.54, 1.807) is 21.3 Å². The second-order valence-corrected chi connectivity index (χ2v) is 5.73. The van der Waals surface area contributed by atoms with Crippen LogP contribution in [0.3, 0.4) is 0 Å². The van der Waals surface area contributed by atoms with Crippen molar-refractivity contribution in [3.05, 3.63) is 52.5 Å². The quantitative estimate of drug-likeness (QED) is 0.703. The van der Waals surface area contributed by atoms with Crippen LogP contribution in [0.4, 0.5) is 0 Å². The summed E-state index contributed by atoms with van der Waals surface area (Å²) in [6, 6.07) is 11.5. The average molecular weight is 372 g/mol. The van der Waals surface area contributed by atoms with Crippen molar-refractivity contribution in [3.63, 3.8) is 0 Å². The van der Waals surface area contributed by atoms with Gasteiger partial charge in [-0.25, -0.2) is 0 Å². The smallest absolute Gasteiger partial charge is 0.137 e. The SMILES string of the molecule is COc1cc(OC)cc(C(Br)c2ccc(OC)c(Cl)c2)c1. The second-order valence-electron chi connectivity index (χ2n) is 4.40. The molecule has 2 rings (SSSR count). The fraction of sp³-hybridized carbons (Fsp3) is 0.250. The maximum atomic E-state index is 6.18. The van der Waals surface area contributed by atoms with Crippen molar-refractivity contribution in [1.29, 1.82) is 0 Å². The molecule has 5 heteroatoms. The van der Waals surface area contributed by atoms with Gasteiger partial charge in [0.1, 0.15) is 17.2 Å². The fourth-order valence-corrected chi connectivity index (χ4v) is 2.82. The highest BCUT2D eigenvalue weighted by molar-refractivity contribution is 9.09. The third kappa shape index (κ3) is 3.63. The Morgan fingerprint density at radius 2 is 1.48 bits per heavy atom. The van der Waals surface area contributed by atoms with Crippen LogP contribution in [0.15, 0.2) is 36.4 Å². The average Bonchev–Trinajstić information content (AvgIpc) is 2.53. The van der Waals surface area contributed by atoms with Crippen molar-refractivity contribution >= 4 is 27.5 Å². The van der Waals surface area contributed by atoms with E-state index in [0.717, 1.165) is 22.6 Å². The molecule has 0 heterocycles. The van der Waals surface area contributed by atoms with Crippen molar-refractivity contribution in [2.75, 3.05) is 21.3 Å². The lowest BCUT2D eigenvalue weighted by Crippen LogP contribution is -1.96. The Morgan fingerprint density at radius 1 is 0.857 bits per heavy atom. The predicted molar refractivity (Wildman–Crippen MR) is 88.3 cm³/mol. The van der Waals surface area contributed by atoms with E-state index in [0.29, 0.717) is 10.8 Å². The molecule has 0 aliphatic rings. The Hall–Kier alpha value is -1.39. The molecule has 0 amide bonds. The zero-order chi connectivity index (χ0) is 15.4. The van der Waals surface area contributed by atoms with Gasteiger partial charge in [0, 0.05) is 6.07 Å². The standard InChI is InChI=1S/C16H16BrClO3/c1-19-12-6-11(7-13(9-12)20-2)16(17)10-4-5-15(21-3)14(18)8-10/h4-9,16H,1-3H3. The largest absolute Gasteiger partial charge is 0.497 e. The van der Waals surface area contributed by atoms with E-state index in [1.165, 1.54) is 0 Å². The predicted octanol–water partition coefficient (Wildman–Crippen LogP) is 4.85. The lowest BCUT2D eigenvalue weighted by molar-refractivity contribution is 0.393. The number of alkyl halides is 1. The van der Waals surface area contributed by atoms with Gasteiger partial charge in [-0.05, 0) is 35.4 Å². The Labute approximate surface area is 137 Å². The summed E-state index contributed by atoms with van der Waals surface area (Å²) in [6.07, 6.45) is 0. The first kappa shape index (κ1) is 16.0. The zero-order valence-electron chi connectivity index (χ0n) is 12.0. The van der Waals surface area contributed by atoms with Gasteiger partial charge in [-0.1, -0.05) is 33.6 Å². The first-order chi connectivity index (χ1) is 10.1. The number of hydrogen-bond donors (Lipinski definition) is 0. The summed E-state index contributed by atoms with van der Waals surface area (Å²) in [5, 5.41) is 0.578. The topological polar surface area (TPSA) is 27.7 Å². The molecule has 0 N–H and O–H groups in total. The molecule has 0 bridgehead atoms. The fourth-order valence-electron chi connectivity index (χ4n) is 2.01. The molecule has 2 aromatic carbocycles. The molecule has 0 radical (unpaired) electrons. The summed E-state index contributed by atoms with van der Waals surface area (Å²) in [6.45, 7) is 0. The summed E-state index contributed by atoms with van der Waals surface area (Å²) in [4.78, 5) is -0.0232. The molecule has 3 nitrogen and oxygen atoms in total. The van der Waals surface area contributed by atoms with Gasteiger partial charge < -0.3 is 14.2 Å². The molecule has 0 saturated heterocycles. The van der Waals surface area contributed by atoms with Gasteiger partial charge >= 0.3 is 0 Å². The lowest BCUT2D eigenvalue weighted by atomic mass is 10.0. The lowest BCUT2D eigenvalue weighted by Gasteiger charge is -2.15. The minimum Gasteiger partial charge on any atom is -0.497 e. The summed E-state index contributed by atoms with van der Waals surface area (Å²) in [5.74, 6) is 2.14. The van der Waals surface area contributed by atoms with Crippen LogP contribution in [0.1, 0.15) is 16.0 Å². The van der Waals surface area contributed by atoms with Crippen LogP contribution in [0, 0.1) is 0 Å². The Morgan fingerprint density at radius 3 is 1.95 bits per heavy atom. The van der Waals surface area contributed by atoms with Crippen molar-refractivity contribution in [3.8, 4) is 17.2 Å². The van der Waals surface area contributed by atoms with Gasteiger partial charge in [-0.2, -0.15) is 0 Å². The van der Waals surface area contributed by atoms with E-state index in [2.05, 4.69) is 15.9 Å². The summed E-state index contributed by atoms with van der Waals surface area (Å²) in [7, 11) is 4.86. The molecule has 0 spiro atoms. The molecule has 0 fully saturated rings. The maximum absolute atomic E-state index is 6.18. The van der Waals surface area contributed by atoms with Crippen molar-refractivity contribution in [1.82, 2.24) is 0 Å². The highest BCUT2D eigenvalue weighted by Gasteiger charge is 2.15. The number of hydrogen-bond acceptors (Lipinski definition) is 3. The van der Waals surface area contributed by atoms with Gasteiger partial charge in [0.25, 0.3) is 0 Å². The molecule has 0 aliphatic carbocycles. The van der Waals surface area contributed by atoms with Crippen LogP contribution in [-0.4, -0.2) is 21.3 Å². The third-order valence-electron chi connectivity index (χ3n) is 3.13. The molecule has 2 aromatic rings. The van der Waals surface area contributed by atoms with Crippen LogP contribution in [0.25, 0.3) is 0 Å². The van der Waals surface area contributed by atoms with Crippen molar-refractivity contribution in [2.24, 2.45) is 0 Å². The number of rotatable bonds is 5. The minimum absolute atomic E-state index is 0.0232. The van der Waals surface area contributed by atoms with Crippen LogP contribution in [0.5, 0.6) is 17.2 Å². The van der Waals surface area contributed by atoms with Crippen molar-refractivity contribution < 1.29 is 14.2 Å². The van der Waals surface area contributed by atoms with E-state index < -0.39 is 0 Å². The molecule has 0 aliphatic heterocycles. The first-order valence-electron chi connectivity index (χ1n) is 6.29. The number of ether oxygens (including phenoxy) is 3. The first-order valence-corrected chi connectivity index (χ1v) is 7.59. The van der Waals surface area contributed by atoms with E-state index >= 15 is 0 Å². The Bertz CT molecular complexity index is 609. The van der Waals surface area contributed by atoms with E-state index in [4.69, 9.17) is 25.8 Å². The Kier molecular flexibility index (Phi) is 5.37. The molecule has 1 unspecified atom stereocenters. The number of methoxy groups -OCH3 is 3. The van der Waals surface area contributed by atoms with Crippen LogP contribution >= 0.6 is 27.5 Å². The van der Waals surface area contributed by atoms with Crippen LogP contribution in [0.2, 0.25) is 5.02 Å². The summed E-state index contributed by atoms with van der Waals surface area (Å²) < 4.78 is 15.8. The molecule has 0 saturated carbocycles. The molecule has 1 atom stereocenters. The minimum atomic E-state index is -0.0232. The van der Waals surface area contributed by atoms with Gasteiger partial charge in [0.15, 0.2) is 0 Å². The normalized spacial score (nSPS) is 11.9. The van der Waals surface area contributed by atoms with Gasteiger partial charge in [-0.15, -0.1) is 0 Å². The molecule has 112 valence electrons. The monoisotopic (exact) mass is 370 g/mol. The van der Waals surface area contributed by atoms with Crippen LogP contribution < -0.4 is 14.2 Å². The van der Waals surface area contributed by atoms with Crippen LogP contribution in [-0.2, 0) is 0 Å². The second kappa shape index (κ2) is 7.05. The maximum Gasteiger partial charge on any atom is 0.137 e. The molecular weight excluding hydrogens is 356 g/mol. The molecule has 21 heavy (non-hydrogen) atoms. The third-order valence-corrected chi connectivity index (χ3v) is 4.49. The van der Waals surface area contributed by atoms with Gasteiger partial charge in [0.2, 0.25) is 0 Å².